The summed E-state index contributed by atoms with van der Waals surface area (Å²) in [7, 11) is -1.11. The Labute approximate surface area is 216 Å². The molecule has 2 N–H and O–H groups in total. The van der Waals surface area contributed by atoms with Crippen LogP contribution in [0.25, 0.3) is 11.3 Å². The largest absolute Gasteiger partial charge is 0.481 e. The fourth-order valence-electron chi connectivity index (χ4n) is 2.77. The number of hydrogen-bond acceptors (Lipinski definition) is 9. The molecule has 0 unspecified atom stereocenters. The van der Waals surface area contributed by atoms with Crippen LogP contribution in [0.3, 0.4) is 0 Å². The van der Waals surface area contributed by atoms with Crippen molar-refractivity contribution in [1.82, 2.24) is 15.0 Å². The SMILES string of the molecule is Br.COc1cc(NS(=O)(=O)c2ccc(Nc3nc(-c4ccc(Cl)cc4)cs3)cc2)nc(OC)n1. The Hall–Kier alpha value is -2.93. The fourth-order valence-corrected chi connectivity index (χ4v) is 4.63. The van der Waals surface area contributed by atoms with Gasteiger partial charge in [0.25, 0.3) is 10.0 Å². The third-order valence-electron chi connectivity index (χ3n) is 4.37. The third kappa shape index (κ3) is 6.14. The van der Waals surface area contributed by atoms with Crippen LogP contribution < -0.4 is 19.5 Å². The minimum Gasteiger partial charge on any atom is -0.481 e. The molecule has 0 saturated carbocycles. The molecule has 0 atom stereocenters. The van der Waals surface area contributed by atoms with Crippen molar-refractivity contribution < 1.29 is 17.9 Å². The number of anilines is 3. The van der Waals surface area contributed by atoms with E-state index in [0.717, 1.165) is 11.3 Å². The maximum atomic E-state index is 12.8. The average Bonchev–Trinajstić information content (AvgIpc) is 3.27. The highest BCUT2D eigenvalue weighted by molar-refractivity contribution is 8.93. The molecule has 4 aromatic rings. The Balaban J connectivity index is 0.00000324. The van der Waals surface area contributed by atoms with Crippen LogP contribution in [-0.4, -0.2) is 37.6 Å². The molecule has 13 heteroatoms. The third-order valence-corrected chi connectivity index (χ3v) is 6.75. The highest BCUT2D eigenvalue weighted by Gasteiger charge is 2.17. The Morgan fingerprint density at radius 2 is 1.65 bits per heavy atom. The van der Waals surface area contributed by atoms with Crippen molar-refractivity contribution in [3.63, 3.8) is 0 Å². The van der Waals surface area contributed by atoms with Gasteiger partial charge < -0.3 is 14.8 Å². The summed E-state index contributed by atoms with van der Waals surface area (Å²) in [6.45, 7) is 0. The standard InChI is InChI=1S/C21H18ClN5O4S2.BrH/c1-30-19-11-18(25-20(26-19)31-2)27-33(28,29)16-9-7-15(8-10-16)23-21-24-17(12-32-21)13-3-5-14(22)6-4-13;/h3-12H,1-2H3,(H,23,24)(H,25,26,27);1H. The molecule has 0 spiro atoms. The number of nitrogens with zero attached hydrogens (tertiary/aromatic N) is 3. The van der Waals surface area contributed by atoms with Crippen molar-refractivity contribution >= 4 is 66.6 Å². The van der Waals surface area contributed by atoms with Gasteiger partial charge in [0.1, 0.15) is 0 Å². The average molecular weight is 585 g/mol. The van der Waals surface area contributed by atoms with Gasteiger partial charge in [-0.2, -0.15) is 9.97 Å². The molecule has 0 saturated heterocycles. The second-order valence-electron chi connectivity index (χ2n) is 6.58. The first-order valence-corrected chi connectivity index (χ1v) is 12.2. The molecule has 178 valence electrons. The number of sulfonamides is 1. The lowest BCUT2D eigenvalue weighted by Gasteiger charge is -2.10. The van der Waals surface area contributed by atoms with E-state index in [4.69, 9.17) is 21.1 Å². The van der Waals surface area contributed by atoms with E-state index >= 15 is 0 Å². The highest BCUT2D eigenvalue weighted by Crippen LogP contribution is 2.28. The van der Waals surface area contributed by atoms with Crippen LogP contribution in [0.4, 0.5) is 16.6 Å². The summed E-state index contributed by atoms with van der Waals surface area (Å²) in [5.74, 6) is 0.193. The van der Waals surface area contributed by atoms with Crippen LogP contribution >= 0.6 is 39.9 Å². The van der Waals surface area contributed by atoms with Gasteiger partial charge in [0, 0.05) is 27.7 Å². The maximum Gasteiger partial charge on any atom is 0.321 e. The second-order valence-corrected chi connectivity index (χ2v) is 9.56. The summed E-state index contributed by atoms with van der Waals surface area (Å²) >= 11 is 7.37. The normalized spacial score (nSPS) is 10.8. The molecular weight excluding hydrogens is 566 g/mol. The Kier molecular flexibility index (Phi) is 8.31. The van der Waals surface area contributed by atoms with E-state index in [1.54, 1.807) is 12.1 Å². The van der Waals surface area contributed by atoms with Crippen molar-refractivity contribution in [2.45, 2.75) is 4.90 Å². The van der Waals surface area contributed by atoms with E-state index in [1.807, 2.05) is 29.6 Å². The van der Waals surface area contributed by atoms with Crippen LogP contribution in [0.1, 0.15) is 0 Å². The van der Waals surface area contributed by atoms with Gasteiger partial charge in [0.15, 0.2) is 10.9 Å². The van der Waals surface area contributed by atoms with Crippen LogP contribution in [0.5, 0.6) is 11.9 Å². The van der Waals surface area contributed by atoms with Crippen LogP contribution in [0, 0.1) is 0 Å². The molecule has 0 bridgehead atoms. The zero-order chi connectivity index (χ0) is 23.4. The van der Waals surface area contributed by atoms with E-state index in [2.05, 4.69) is 25.0 Å². The lowest BCUT2D eigenvalue weighted by atomic mass is 10.2. The van der Waals surface area contributed by atoms with Crippen molar-refractivity contribution in [3.05, 3.63) is 65.0 Å². The van der Waals surface area contributed by atoms with Crippen molar-refractivity contribution in [2.75, 3.05) is 24.3 Å². The van der Waals surface area contributed by atoms with Gasteiger partial charge in [-0.15, -0.1) is 28.3 Å². The molecule has 9 nitrogen and oxygen atoms in total. The number of nitrogens with one attached hydrogen (secondary N) is 2. The first-order chi connectivity index (χ1) is 15.9. The number of hydrogen-bond donors (Lipinski definition) is 2. The minimum atomic E-state index is -3.89. The minimum absolute atomic E-state index is 0. The number of benzene rings is 2. The molecule has 2 heterocycles. The molecule has 0 fully saturated rings. The second kappa shape index (κ2) is 11.0. The van der Waals surface area contributed by atoms with Gasteiger partial charge in [-0.1, -0.05) is 23.7 Å². The van der Waals surface area contributed by atoms with Gasteiger partial charge in [-0.3, -0.25) is 4.72 Å². The van der Waals surface area contributed by atoms with Crippen LogP contribution in [0.15, 0.2) is 64.9 Å². The zero-order valence-electron chi connectivity index (χ0n) is 17.9. The summed E-state index contributed by atoms with van der Waals surface area (Å²) in [6, 6.07) is 15.0. The number of halogens is 2. The predicted molar refractivity (Wildman–Crippen MR) is 139 cm³/mol. The van der Waals surface area contributed by atoms with Gasteiger partial charge >= 0.3 is 6.01 Å². The van der Waals surface area contributed by atoms with E-state index in [0.29, 0.717) is 15.8 Å². The zero-order valence-corrected chi connectivity index (χ0v) is 22.0. The molecule has 0 amide bonds. The van der Waals surface area contributed by atoms with E-state index in [9.17, 15) is 8.42 Å². The number of thiazole rings is 1. The smallest absolute Gasteiger partial charge is 0.321 e. The topological polar surface area (TPSA) is 115 Å². The Morgan fingerprint density at radius 1 is 0.941 bits per heavy atom. The molecule has 0 aliphatic carbocycles. The van der Waals surface area contributed by atoms with Gasteiger partial charge in [-0.05, 0) is 36.4 Å². The Morgan fingerprint density at radius 3 is 2.29 bits per heavy atom. The maximum absolute atomic E-state index is 12.8. The molecule has 2 aromatic carbocycles. The van der Waals surface area contributed by atoms with Crippen molar-refractivity contribution in [1.29, 1.82) is 0 Å². The van der Waals surface area contributed by atoms with Crippen LogP contribution in [-0.2, 0) is 10.0 Å². The highest BCUT2D eigenvalue weighted by atomic mass is 79.9. The predicted octanol–water partition coefficient (Wildman–Crippen LogP) is 5.39. The van der Waals surface area contributed by atoms with E-state index in [-0.39, 0.29) is 39.6 Å². The van der Waals surface area contributed by atoms with Crippen molar-refractivity contribution in [3.8, 4) is 23.1 Å². The van der Waals surface area contributed by atoms with Gasteiger partial charge in [0.2, 0.25) is 5.88 Å². The number of methoxy groups -OCH3 is 2. The summed E-state index contributed by atoms with van der Waals surface area (Å²) in [5, 5.41) is 6.44. The van der Waals surface area contributed by atoms with Gasteiger partial charge in [-0.25, -0.2) is 13.4 Å². The quantitative estimate of drug-likeness (QED) is 0.283. The lowest BCUT2D eigenvalue weighted by Crippen LogP contribution is -2.14. The first kappa shape index (κ1) is 25.7. The van der Waals surface area contributed by atoms with E-state index < -0.39 is 10.0 Å². The van der Waals surface area contributed by atoms with E-state index in [1.165, 1.54) is 43.8 Å². The summed E-state index contributed by atoms with van der Waals surface area (Å²) in [6.07, 6.45) is 0. The molecule has 4 rings (SSSR count). The monoisotopic (exact) mass is 583 g/mol. The summed E-state index contributed by atoms with van der Waals surface area (Å²) < 4.78 is 37.9. The molecule has 34 heavy (non-hydrogen) atoms. The number of ether oxygens (including phenoxy) is 2. The number of rotatable bonds is 8. The Bertz CT molecular complexity index is 1340. The lowest BCUT2D eigenvalue weighted by molar-refractivity contribution is 0.353. The van der Waals surface area contributed by atoms with Crippen LogP contribution in [0.2, 0.25) is 5.02 Å². The fraction of sp³-hybridized carbons (Fsp3) is 0.0952. The summed E-state index contributed by atoms with van der Waals surface area (Å²) in [4.78, 5) is 12.5. The number of aromatic nitrogens is 3. The first-order valence-electron chi connectivity index (χ1n) is 9.45. The molecule has 2 aromatic heterocycles. The molecular formula is C21H19BrClN5O4S2. The van der Waals surface area contributed by atoms with Gasteiger partial charge in [0.05, 0.1) is 24.8 Å². The molecule has 0 aliphatic heterocycles. The molecule has 0 aliphatic rings. The molecule has 0 radical (unpaired) electrons. The summed E-state index contributed by atoms with van der Waals surface area (Å²) in [5.41, 5.74) is 2.46. The van der Waals surface area contributed by atoms with Crippen molar-refractivity contribution in [2.24, 2.45) is 0 Å².